The van der Waals surface area contributed by atoms with E-state index < -0.39 is 0 Å². The monoisotopic (exact) mass is 495 g/mol. The number of nitrogens with zero attached hydrogens (tertiary/aromatic N) is 5. The molecule has 3 heterocycles. The van der Waals surface area contributed by atoms with Crippen molar-refractivity contribution in [1.29, 1.82) is 0 Å². The highest BCUT2D eigenvalue weighted by atomic mass is 32.2. The van der Waals surface area contributed by atoms with Crippen molar-refractivity contribution >= 4 is 41.1 Å². The molecule has 0 spiro atoms. The molecule has 9 heteroatoms. The van der Waals surface area contributed by atoms with Gasteiger partial charge in [-0.2, -0.15) is 0 Å². The van der Waals surface area contributed by atoms with Crippen molar-refractivity contribution in [2.75, 3.05) is 48.4 Å². The molecule has 0 N–H and O–H groups in total. The minimum Gasteiger partial charge on any atom is -0.378 e. The lowest BCUT2D eigenvalue weighted by Gasteiger charge is -2.28. The molecule has 1 saturated heterocycles. The summed E-state index contributed by atoms with van der Waals surface area (Å²) < 4.78 is 7.59. The van der Waals surface area contributed by atoms with E-state index in [4.69, 9.17) is 4.74 Å². The molecule has 0 bridgehead atoms. The van der Waals surface area contributed by atoms with Crippen LogP contribution in [0.3, 0.4) is 0 Å². The highest BCUT2D eigenvalue weighted by Crippen LogP contribution is 2.38. The van der Waals surface area contributed by atoms with E-state index in [2.05, 4.69) is 63.8 Å². The summed E-state index contributed by atoms with van der Waals surface area (Å²) in [5, 5.41) is 10.2. The number of fused-ring (bicyclic) bond motifs is 1. The third-order valence-electron chi connectivity index (χ3n) is 6.07. The molecular formula is C25H29N5O2S2. The Morgan fingerprint density at radius 1 is 1.09 bits per heavy atom. The van der Waals surface area contributed by atoms with Gasteiger partial charge in [0.2, 0.25) is 11.9 Å². The molecule has 1 amide bonds. The molecule has 0 unspecified atom stereocenters. The van der Waals surface area contributed by atoms with Crippen LogP contribution in [0.15, 0.2) is 58.6 Å². The average Bonchev–Trinajstić information content (AvgIpc) is 3.20. The molecule has 3 aromatic rings. The Kier molecular flexibility index (Phi) is 7.12. The van der Waals surface area contributed by atoms with Crippen LogP contribution in [0.5, 0.6) is 0 Å². The predicted molar refractivity (Wildman–Crippen MR) is 139 cm³/mol. The molecule has 178 valence electrons. The van der Waals surface area contributed by atoms with Gasteiger partial charge in [0, 0.05) is 29.8 Å². The second-order valence-corrected chi connectivity index (χ2v) is 11.0. The van der Waals surface area contributed by atoms with Crippen LogP contribution in [-0.2, 0) is 9.53 Å². The van der Waals surface area contributed by atoms with Crippen LogP contribution in [0.1, 0.15) is 18.9 Å². The van der Waals surface area contributed by atoms with Gasteiger partial charge in [-0.25, -0.2) is 0 Å². The molecule has 2 aromatic carbocycles. The minimum atomic E-state index is 0.0959. The quantitative estimate of drug-likeness (QED) is 0.486. The lowest BCUT2D eigenvalue weighted by Crippen LogP contribution is -2.38. The lowest BCUT2D eigenvalue weighted by molar-refractivity contribution is -0.116. The average molecular weight is 496 g/mol. The topological polar surface area (TPSA) is 63.5 Å². The van der Waals surface area contributed by atoms with E-state index >= 15 is 0 Å². The first-order valence-corrected chi connectivity index (χ1v) is 13.5. The maximum Gasteiger partial charge on any atom is 0.237 e. The third-order valence-corrected chi connectivity index (χ3v) is 8.22. The summed E-state index contributed by atoms with van der Waals surface area (Å²) in [7, 11) is 0. The SMILES string of the molecule is Cc1ccc(-n2c(SCC(=O)N3CC[C@@H](C)Sc4ccccc43)nnc2N2CCOCC2)cc1. The molecule has 1 fully saturated rings. The summed E-state index contributed by atoms with van der Waals surface area (Å²) in [5.74, 6) is 1.20. The molecule has 34 heavy (non-hydrogen) atoms. The normalized spacial score (nSPS) is 18.5. The molecule has 5 rings (SSSR count). The second-order valence-electron chi connectivity index (χ2n) is 8.57. The number of para-hydroxylation sites is 1. The number of hydrogen-bond donors (Lipinski definition) is 0. The Morgan fingerprint density at radius 3 is 2.65 bits per heavy atom. The van der Waals surface area contributed by atoms with Gasteiger partial charge < -0.3 is 14.5 Å². The zero-order valence-corrected chi connectivity index (χ0v) is 21.1. The summed E-state index contributed by atoms with van der Waals surface area (Å²) in [6.45, 7) is 7.92. The number of morpholine rings is 1. The number of anilines is 2. The fourth-order valence-electron chi connectivity index (χ4n) is 4.19. The molecule has 1 atom stereocenters. The Hall–Kier alpha value is -2.49. The van der Waals surface area contributed by atoms with Gasteiger partial charge in [0.05, 0.1) is 30.3 Å². The van der Waals surface area contributed by atoms with Crippen LogP contribution in [0.25, 0.3) is 5.69 Å². The second kappa shape index (κ2) is 10.4. The van der Waals surface area contributed by atoms with E-state index in [9.17, 15) is 4.79 Å². The van der Waals surface area contributed by atoms with Gasteiger partial charge in [0.15, 0.2) is 5.16 Å². The van der Waals surface area contributed by atoms with Crippen LogP contribution in [-0.4, -0.2) is 64.5 Å². The standard InChI is InChI=1S/C25H29N5O2S2/c1-18-7-9-20(10-8-18)30-24(28-13-15-32-16-14-28)26-27-25(30)33-17-23(31)29-12-11-19(2)34-22-6-4-3-5-21(22)29/h3-10,19H,11-17H2,1-2H3/t19-/m1/s1. The van der Waals surface area contributed by atoms with Gasteiger partial charge in [-0.3, -0.25) is 9.36 Å². The molecular weight excluding hydrogens is 466 g/mol. The zero-order valence-electron chi connectivity index (χ0n) is 19.5. The van der Waals surface area contributed by atoms with Crippen molar-refractivity contribution in [3.63, 3.8) is 0 Å². The molecule has 0 saturated carbocycles. The van der Waals surface area contributed by atoms with Crippen molar-refractivity contribution < 1.29 is 9.53 Å². The van der Waals surface area contributed by atoms with Crippen molar-refractivity contribution in [3.8, 4) is 5.69 Å². The number of benzene rings is 2. The van der Waals surface area contributed by atoms with Crippen LogP contribution in [0, 0.1) is 6.92 Å². The zero-order chi connectivity index (χ0) is 23.5. The summed E-state index contributed by atoms with van der Waals surface area (Å²) in [4.78, 5) is 18.7. The lowest BCUT2D eigenvalue weighted by atomic mass is 10.2. The van der Waals surface area contributed by atoms with Crippen molar-refractivity contribution in [1.82, 2.24) is 14.8 Å². The molecule has 0 aliphatic carbocycles. The van der Waals surface area contributed by atoms with E-state index in [1.807, 2.05) is 34.9 Å². The first kappa shape index (κ1) is 23.3. The summed E-state index contributed by atoms with van der Waals surface area (Å²) in [5.41, 5.74) is 3.20. The van der Waals surface area contributed by atoms with Crippen LogP contribution in [0.4, 0.5) is 11.6 Å². The number of ether oxygens (including phenoxy) is 1. The van der Waals surface area contributed by atoms with Crippen LogP contribution < -0.4 is 9.80 Å². The van der Waals surface area contributed by atoms with E-state index in [1.54, 1.807) is 0 Å². The van der Waals surface area contributed by atoms with Crippen LogP contribution >= 0.6 is 23.5 Å². The highest BCUT2D eigenvalue weighted by molar-refractivity contribution is 8.00. The number of rotatable bonds is 5. The molecule has 2 aliphatic heterocycles. The number of carbonyl (C=O) groups excluding carboxylic acids is 1. The van der Waals surface area contributed by atoms with E-state index in [1.165, 1.54) is 22.2 Å². The molecule has 2 aliphatic rings. The van der Waals surface area contributed by atoms with Gasteiger partial charge >= 0.3 is 0 Å². The number of thioether (sulfide) groups is 2. The Morgan fingerprint density at radius 2 is 1.85 bits per heavy atom. The molecule has 1 aromatic heterocycles. The van der Waals surface area contributed by atoms with E-state index in [-0.39, 0.29) is 5.91 Å². The fourth-order valence-corrected chi connectivity index (χ4v) is 6.13. The number of aryl methyl sites for hydroxylation is 1. The molecule has 7 nitrogen and oxygen atoms in total. The van der Waals surface area contributed by atoms with Gasteiger partial charge in [-0.15, -0.1) is 22.0 Å². The summed E-state index contributed by atoms with van der Waals surface area (Å²) in [6, 6.07) is 16.5. The maximum absolute atomic E-state index is 13.4. The molecule has 0 radical (unpaired) electrons. The number of hydrogen-bond acceptors (Lipinski definition) is 7. The fraction of sp³-hybridized carbons (Fsp3) is 0.400. The predicted octanol–water partition coefficient (Wildman–Crippen LogP) is 4.42. The van der Waals surface area contributed by atoms with Crippen molar-refractivity contribution in [2.45, 2.75) is 35.6 Å². The first-order valence-electron chi connectivity index (χ1n) is 11.6. The van der Waals surface area contributed by atoms with Gasteiger partial charge in [0.25, 0.3) is 0 Å². The highest BCUT2D eigenvalue weighted by Gasteiger charge is 2.26. The number of carbonyl (C=O) groups is 1. The largest absolute Gasteiger partial charge is 0.378 e. The van der Waals surface area contributed by atoms with Gasteiger partial charge in [-0.1, -0.05) is 48.5 Å². The van der Waals surface area contributed by atoms with E-state index in [0.29, 0.717) is 24.2 Å². The number of amides is 1. The van der Waals surface area contributed by atoms with E-state index in [0.717, 1.165) is 48.5 Å². The Labute approximate surface area is 208 Å². The van der Waals surface area contributed by atoms with Crippen molar-refractivity contribution in [2.24, 2.45) is 0 Å². The summed E-state index contributed by atoms with van der Waals surface area (Å²) in [6.07, 6.45) is 0.969. The van der Waals surface area contributed by atoms with Crippen LogP contribution in [0.2, 0.25) is 0 Å². The Bertz CT molecular complexity index is 1140. The van der Waals surface area contributed by atoms with Crippen molar-refractivity contribution in [3.05, 3.63) is 54.1 Å². The minimum absolute atomic E-state index is 0.0959. The first-order chi connectivity index (χ1) is 16.6. The van der Waals surface area contributed by atoms with Gasteiger partial charge in [0.1, 0.15) is 0 Å². The third kappa shape index (κ3) is 4.96. The smallest absolute Gasteiger partial charge is 0.237 e. The maximum atomic E-state index is 13.4. The Balaban J connectivity index is 1.40. The van der Waals surface area contributed by atoms with Gasteiger partial charge in [-0.05, 0) is 37.6 Å². The number of aromatic nitrogens is 3. The summed E-state index contributed by atoms with van der Waals surface area (Å²) >= 11 is 3.29.